The van der Waals surface area contributed by atoms with Gasteiger partial charge in [-0.3, -0.25) is 9.10 Å². The first kappa shape index (κ1) is 22.7. The van der Waals surface area contributed by atoms with Crippen LogP contribution in [0.3, 0.4) is 0 Å². The molecule has 0 saturated heterocycles. The lowest BCUT2D eigenvalue weighted by atomic mass is 10.1. The molecule has 0 saturated carbocycles. The second-order valence-corrected chi connectivity index (χ2v) is 8.89. The maximum Gasteiger partial charge on any atom is 0.338 e. The van der Waals surface area contributed by atoms with Gasteiger partial charge in [0.25, 0.3) is 0 Å². The number of anilines is 2. The standard InChI is InChI=1S/C20H23ClN2O5S/c1-12-9-10-15(11-17(12)21)23(29(5,26)27)14(3)19(24)22-18-8-6-7-16(13(18)2)20(25)28-4/h6-11,14H,1-5H3,(H,22,24)/t14-/m1/s1. The Kier molecular flexibility index (Phi) is 6.92. The first-order valence-corrected chi connectivity index (χ1v) is 10.9. The average molecular weight is 439 g/mol. The number of carbonyl (C=O) groups is 2. The highest BCUT2D eigenvalue weighted by molar-refractivity contribution is 7.92. The van der Waals surface area contributed by atoms with Gasteiger partial charge >= 0.3 is 5.97 Å². The van der Waals surface area contributed by atoms with Gasteiger partial charge < -0.3 is 10.1 Å². The van der Waals surface area contributed by atoms with E-state index in [4.69, 9.17) is 16.3 Å². The molecule has 7 nitrogen and oxygen atoms in total. The highest BCUT2D eigenvalue weighted by Crippen LogP contribution is 2.27. The summed E-state index contributed by atoms with van der Waals surface area (Å²) >= 11 is 6.14. The predicted octanol–water partition coefficient (Wildman–Crippen LogP) is 3.54. The minimum Gasteiger partial charge on any atom is -0.465 e. The first-order chi connectivity index (χ1) is 13.5. The summed E-state index contributed by atoms with van der Waals surface area (Å²) in [4.78, 5) is 24.7. The fourth-order valence-corrected chi connectivity index (χ4v) is 4.21. The molecule has 0 fully saturated rings. The molecule has 0 heterocycles. The molecule has 0 aliphatic rings. The minimum atomic E-state index is -3.78. The molecule has 2 rings (SSSR count). The number of hydrogen-bond donors (Lipinski definition) is 1. The number of amides is 1. The van der Waals surface area contributed by atoms with Gasteiger partial charge in [-0.2, -0.15) is 0 Å². The number of ether oxygens (including phenoxy) is 1. The fourth-order valence-electron chi connectivity index (χ4n) is 2.87. The van der Waals surface area contributed by atoms with E-state index in [1.807, 2.05) is 0 Å². The molecular formula is C20H23ClN2O5S. The number of nitrogens with zero attached hydrogens (tertiary/aromatic N) is 1. The van der Waals surface area contributed by atoms with Crippen molar-refractivity contribution in [2.24, 2.45) is 0 Å². The largest absolute Gasteiger partial charge is 0.465 e. The van der Waals surface area contributed by atoms with Crippen molar-refractivity contribution in [3.05, 3.63) is 58.1 Å². The Hall–Kier alpha value is -2.58. The third kappa shape index (κ3) is 5.07. The van der Waals surface area contributed by atoms with E-state index in [-0.39, 0.29) is 5.69 Å². The lowest BCUT2D eigenvalue weighted by Gasteiger charge is -2.28. The van der Waals surface area contributed by atoms with E-state index < -0.39 is 27.9 Å². The van der Waals surface area contributed by atoms with Gasteiger partial charge in [0.1, 0.15) is 6.04 Å². The van der Waals surface area contributed by atoms with Crippen molar-refractivity contribution in [3.8, 4) is 0 Å². The zero-order chi connectivity index (χ0) is 21.9. The molecule has 156 valence electrons. The third-order valence-corrected chi connectivity index (χ3v) is 6.14. The highest BCUT2D eigenvalue weighted by atomic mass is 35.5. The second-order valence-electron chi connectivity index (χ2n) is 6.63. The van der Waals surface area contributed by atoms with Crippen LogP contribution in [0.25, 0.3) is 0 Å². The molecule has 0 aliphatic carbocycles. The smallest absolute Gasteiger partial charge is 0.338 e. The van der Waals surface area contributed by atoms with Crippen LogP contribution in [-0.4, -0.2) is 39.7 Å². The predicted molar refractivity (Wildman–Crippen MR) is 114 cm³/mol. The number of aryl methyl sites for hydroxylation is 1. The molecule has 2 aromatic rings. The molecule has 1 N–H and O–H groups in total. The van der Waals surface area contributed by atoms with Crippen molar-refractivity contribution in [2.45, 2.75) is 26.8 Å². The van der Waals surface area contributed by atoms with E-state index in [1.165, 1.54) is 20.1 Å². The van der Waals surface area contributed by atoms with E-state index >= 15 is 0 Å². The van der Waals surface area contributed by atoms with E-state index in [0.717, 1.165) is 16.1 Å². The van der Waals surface area contributed by atoms with Gasteiger partial charge in [-0.1, -0.05) is 23.7 Å². The molecule has 1 amide bonds. The number of hydrogen-bond acceptors (Lipinski definition) is 5. The molecule has 0 aliphatic heterocycles. The molecule has 0 aromatic heterocycles. The van der Waals surface area contributed by atoms with Crippen LogP contribution in [0, 0.1) is 13.8 Å². The van der Waals surface area contributed by atoms with Crippen molar-refractivity contribution < 1.29 is 22.7 Å². The zero-order valence-electron chi connectivity index (χ0n) is 16.8. The summed E-state index contributed by atoms with van der Waals surface area (Å²) in [6, 6.07) is 8.53. The molecule has 0 spiro atoms. The minimum absolute atomic E-state index is 0.283. The van der Waals surface area contributed by atoms with Gasteiger partial charge in [0, 0.05) is 10.7 Å². The molecule has 0 bridgehead atoms. The quantitative estimate of drug-likeness (QED) is 0.696. The molecule has 9 heteroatoms. The summed E-state index contributed by atoms with van der Waals surface area (Å²) < 4.78 is 30.6. The Bertz CT molecular complexity index is 1050. The van der Waals surface area contributed by atoms with E-state index in [1.54, 1.807) is 44.2 Å². The summed E-state index contributed by atoms with van der Waals surface area (Å²) in [6.07, 6.45) is 1.02. The monoisotopic (exact) mass is 438 g/mol. The average Bonchev–Trinajstić information content (AvgIpc) is 2.64. The van der Waals surface area contributed by atoms with Crippen molar-refractivity contribution in [2.75, 3.05) is 23.0 Å². The van der Waals surface area contributed by atoms with Gasteiger partial charge in [-0.25, -0.2) is 13.2 Å². The number of esters is 1. The van der Waals surface area contributed by atoms with Crippen molar-refractivity contribution in [1.82, 2.24) is 0 Å². The molecule has 2 aromatic carbocycles. The van der Waals surface area contributed by atoms with Crippen LogP contribution in [-0.2, 0) is 19.6 Å². The zero-order valence-corrected chi connectivity index (χ0v) is 18.4. The lowest BCUT2D eigenvalue weighted by Crippen LogP contribution is -2.45. The Labute approximate surface area is 175 Å². The maximum absolute atomic E-state index is 12.9. The highest BCUT2D eigenvalue weighted by Gasteiger charge is 2.30. The first-order valence-electron chi connectivity index (χ1n) is 8.71. The maximum atomic E-state index is 12.9. The Balaban J connectivity index is 2.38. The molecule has 0 unspecified atom stereocenters. The van der Waals surface area contributed by atoms with Crippen LogP contribution in [0.15, 0.2) is 36.4 Å². The van der Waals surface area contributed by atoms with Crippen molar-refractivity contribution in [3.63, 3.8) is 0 Å². The third-order valence-electron chi connectivity index (χ3n) is 4.50. The molecule has 29 heavy (non-hydrogen) atoms. The van der Waals surface area contributed by atoms with Gasteiger partial charge in [0.15, 0.2) is 0 Å². The van der Waals surface area contributed by atoms with Gasteiger partial charge in [-0.05, 0) is 56.2 Å². The van der Waals surface area contributed by atoms with E-state index in [9.17, 15) is 18.0 Å². The van der Waals surface area contributed by atoms with Crippen LogP contribution in [0.2, 0.25) is 5.02 Å². The normalized spacial score (nSPS) is 12.2. The number of nitrogens with one attached hydrogen (secondary N) is 1. The number of benzene rings is 2. The number of methoxy groups -OCH3 is 1. The number of carbonyl (C=O) groups excluding carboxylic acids is 2. The summed E-state index contributed by atoms with van der Waals surface area (Å²) in [7, 11) is -2.51. The second kappa shape index (κ2) is 8.84. The Morgan fingerprint density at radius 1 is 1.17 bits per heavy atom. The lowest BCUT2D eigenvalue weighted by molar-refractivity contribution is -0.116. The number of halogens is 1. The summed E-state index contributed by atoms with van der Waals surface area (Å²) in [6.45, 7) is 4.94. The topological polar surface area (TPSA) is 92.8 Å². The van der Waals surface area contributed by atoms with E-state index in [0.29, 0.717) is 21.8 Å². The van der Waals surface area contributed by atoms with Crippen LogP contribution >= 0.6 is 11.6 Å². The molecular weight excluding hydrogens is 416 g/mol. The Morgan fingerprint density at radius 3 is 2.38 bits per heavy atom. The van der Waals surface area contributed by atoms with Gasteiger partial charge in [0.2, 0.25) is 15.9 Å². The van der Waals surface area contributed by atoms with Crippen LogP contribution in [0.5, 0.6) is 0 Å². The number of sulfonamides is 1. The van der Waals surface area contributed by atoms with Gasteiger partial charge in [0.05, 0.1) is 24.6 Å². The van der Waals surface area contributed by atoms with Crippen molar-refractivity contribution in [1.29, 1.82) is 0 Å². The molecule has 0 radical (unpaired) electrons. The SMILES string of the molecule is COC(=O)c1cccc(NC(=O)[C@@H](C)N(c2ccc(C)c(Cl)c2)S(C)(=O)=O)c1C. The van der Waals surface area contributed by atoms with Crippen LogP contribution in [0.4, 0.5) is 11.4 Å². The fraction of sp³-hybridized carbons (Fsp3) is 0.300. The summed E-state index contributed by atoms with van der Waals surface area (Å²) in [5.41, 5.74) is 2.29. The van der Waals surface area contributed by atoms with Crippen molar-refractivity contribution >= 4 is 44.9 Å². The summed E-state index contributed by atoms with van der Waals surface area (Å²) in [5.74, 6) is -1.09. The van der Waals surface area contributed by atoms with Gasteiger partial charge in [-0.15, -0.1) is 0 Å². The molecule has 1 atom stereocenters. The van der Waals surface area contributed by atoms with E-state index in [2.05, 4.69) is 5.32 Å². The summed E-state index contributed by atoms with van der Waals surface area (Å²) in [5, 5.41) is 3.09. The van der Waals surface area contributed by atoms with Crippen LogP contribution < -0.4 is 9.62 Å². The number of rotatable bonds is 6. The van der Waals surface area contributed by atoms with Crippen LogP contribution in [0.1, 0.15) is 28.4 Å². The Morgan fingerprint density at radius 2 is 1.83 bits per heavy atom.